The van der Waals surface area contributed by atoms with E-state index in [1.165, 1.54) is 10.5 Å². The van der Waals surface area contributed by atoms with Crippen LogP contribution in [0.25, 0.3) is 11.3 Å². The number of hydrogen-bond acceptors (Lipinski definition) is 5. The Labute approximate surface area is 173 Å². The quantitative estimate of drug-likeness (QED) is 0.841. The second-order valence-corrected chi connectivity index (χ2v) is 9.06. The van der Waals surface area contributed by atoms with Crippen LogP contribution < -0.4 is 0 Å². The average molecular weight is 410 g/mol. The van der Waals surface area contributed by atoms with Gasteiger partial charge in [0, 0.05) is 54.2 Å². The third kappa shape index (κ3) is 3.42. The van der Waals surface area contributed by atoms with E-state index in [1.54, 1.807) is 9.80 Å². The summed E-state index contributed by atoms with van der Waals surface area (Å²) in [7, 11) is 0. The van der Waals surface area contributed by atoms with Crippen LogP contribution in [0.15, 0.2) is 41.4 Å². The molecule has 1 aromatic carbocycles. The number of benzene rings is 1. The van der Waals surface area contributed by atoms with E-state index in [1.807, 2.05) is 42.2 Å². The van der Waals surface area contributed by atoms with Crippen molar-refractivity contribution in [3.05, 3.63) is 47.7 Å². The number of fused-ring (bicyclic) bond motifs is 1. The zero-order valence-electron chi connectivity index (χ0n) is 16.1. The number of amides is 2. The molecule has 3 aliphatic rings. The van der Waals surface area contributed by atoms with E-state index in [9.17, 15) is 14.7 Å². The summed E-state index contributed by atoms with van der Waals surface area (Å²) < 4.78 is 0. The van der Waals surface area contributed by atoms with Gasteiger partial charge in [0.2, 0.25) is 0 Å². The van der Waals surface area contributed by atoms with E-state index in [-0.39, 0.29) is 11.8 Å². The molecule has 2 fully saturated rings. The normalized spacial score (nSPS) is 19.8. The van der Waals surface area contributed by atoms with Gasteiger partial charge in [-0.2, -0.15) is 0 Å². The lowest BCUT2D eigenvalue weighted by Gasteiger charge is -2.35. The van der Waals surface area contributed by atoms with Gasteiger partial charge in [0.1, 0.15) is 5.60 Å². The average Bonchev–Trinajstić information content (AvgIpc) is 3.33. The molecule has 1 saturated heterocycles. The highest BCUT2D eigenvalue weighted by Crippen LogP contribution is 2.37. The summed E-state index contributed by atoms with van der Waals surface area (Å²) >= 11 is 1.87. The predicted octanol–water partition coefficient (Wildman–Crippen LogP) is 2.21. The Balaban J connectivity index is 1.26. The summed E-state index contributed by atoms with van der Waals surface area (Å²) in [4.78, 5) is 34.5. The topological polar surface area (TPSA) is 73.7 Å². The molecular formula is C22H23N3O3S. The van der Waals surface area contributed by atoms with Crippen LogP contribution in [-0.2, 0) is 11.2 Å². The third-order valence-electron chi connectivity index (χ3n) is 6.00. The van der Waals surface area contributed by atoms with Crippen molar-refractivity contribution in [1.82, 2.24) is 14.8 Å². The van der Waals surface area contributed by atoms with E-state index in [2.05, 4.69) is 11.1 Å². The third-order valence-corrected chi connectivity index (χ3v) is 7.11. The molecule has 0 radical (unpaired) electrons. The van der Waals surface area contributed by atoms with Gasteiger partial charge in [-0.3, -0.25) is 14.6 Å². The Morgan fingerprint density at radius 2 is 1.69 bits per heavy atom. The van der Waals surface area contributed by atoms with Crippen molar-refractivity contribution in [2.75, 3.05) is 31.9 Å². The Kier molecular flexibility index (Phi) is 4.59. The first-order valence-electron chi connectivity index (χ1n) is 10.1. The molecule has 1 aromatic heterocycles. The first-order valence-corrected chi connectivity index (χ1v) is 11.1. The van der Waals surface area contributed by atoms with Crippen LogP contribution in [0.3, 0.4) is 0 Å². The van der Waals surface area contributed by atoms with E-state index in [0.717, 1.165) is 23.4 Å². The number of aliphatic hydroxyl groups is 1. The van der Waals surface area contributed by atoms with Crippen LogP contribution in [0, 0.1) is 0 Å². The van der Waals surface area contributed by atoms with Crippen molar-refractivity contribution in [2.24, 2.45) is 0 Å². The van der Waals surface area contributed by atoms with Gasteiger partial charge in [-0.15, -0.1) is 11.8 Å². The Morgan fingerprint density at radius 3 is 2.38 bits per heavy atom. The number of pyridine rings is 1. The fourth-order valence-corrected chi connectivity index (χ4v) is 5.11. The number of rotatable bonds is 3. The number of carbonyl (C=O) groups is 2. The van der Waals surface area contributed by atoms with Crippen molar-refractivity contribution >= 4 is 23.6 Å². The minimum absolute atomic E-state index is 0.0180. The van der Waals surface area contributed by atoms with Crippen LogP contribution in [-0.4, -0.2) is 69.2 Å². The number of thioether (sulfide) groups is 1. The van der Waals surface area contributed by atoms with Gasteiger partial charge in [-0.25, -0.2) is 0 Å². The Morgan fingerprint density at radius 1 is 1.00 bits per heavy atom. The molecule has 1 aliphatic carbocycles. The van der Waals surface area contributed by atoms with E-state index >= 15 is 0 Å². The maximum atomic E-state index is 12.9. The summed E-state index contributed by atoms with van der Waals surface area (Å²) in [6, 6.07) is 9.75. The largest absolute Gasteiger partial charge is 0.380 e. The maximum absolute atomic E-state index is 12.9. The van der Waals surface area contributed by atoms with Crippen LogP contribution in [0.5, 0.6) is 0 Å². The molecule has 0 bridgehead atoms. The summed E-state index contributed by atoms with van der Waals surface area (Å²) in [6.07, 6.45) is 3.98. The zero-order valence-corrected chi connectivity index (χ0v) is 17.0. The number of hydrogen-bond donors (Lipinski definition) is 1. The number of nitrogens with zero attached hydrogens (tertiary/aromatic N) is 3. The molecule has 5 rings (SSSR count). The SMILES string of the molecule is O=C(c1ccc(-c2nccc3c2CCS3)cc1)N1CCN(C(=O)C2(O)CC2)CC1. The van der Waals surface area contributed by atoms with Crippen LogP contribution in [0.4, 0.5) is 0 Å². The second-order valence-electron chi connectivity index (χ2n) is 7.93. The lowest BCUT2D eigenvalue weighted by Crippen LogP contribution is -2.53. The highest BCUT2D eigenvalue weighted by atomic mass is 32.2. The van der Waals surface area contributed by atoms with Gasteiger partial charge < -0.3 is 14.9 Å². The molecule has 7 heteroatoms. The van der Waals surface area contributed by atoms with Gasteiger partial charge in [-0.1, -0.05) is 12.1 Å². The van der Waals surface area contributed by atoms with Crippen molar-refractivity contribution in [1.29, 1.82) is 0 Å². The fourth-order valence-electron chi connectivity index (χ4n) is 4.06. The molecule has 0 unspecified atom stereocenters. The molecule has 29 heavy (non-hydrogen) atoms. The summed E-state index contributed by atoms with van der Waals surface area (Å²) in [6.45, 7) is 1.94. The summed E-state index contributed by atoms with van der Waals surface area (Å²) in [5, 5.41) is 10.0. The molecule has 1 N–H and O–H groups in total. The standard InChI is InChI=1S/C22H23N3O3S/c26-20(24-10-12-25(13-11-24)21(27)22(28)7-8-22)16-3-1-15(2-4-16)19-17-6-14-29-18(17)5-9-23-19/h1-5,9,28H,6-8,10-14H2. The number of aromatic nitrogens is 1. The molecule has 2 aromatic rings. The monoisotopic (exact) mass is 409 g/mol. The lowest BCUT2D eigenvalue weighted by molar-refractivity contribution is -0.143. The van der Waals surface area contributed by atoms with Gasteiger partial charge in [0.05, 0.1) is 5.69 Å². The van der Waals surface area contributed by atoms with Crippen LogP contribution in [0.1, 0.15) is 28.8 Å². The second kappa shape index (κ2) is 7.15. The van der Waals surface area contributed by atoms with Gasteiger partial charge in [0.25, 0.3) is 11.8 Å². The molecule has 3 heterocycles. The smallest absolute Gasteiger partial charge is 0.254 e. The summed E-state index contributed by atoms with van der Waals surface area (Å²) in [5.41, 5.74) is 2.86. The molecule has 2 amide bonds. The van der Waals surface area contributed by atoms with E-state index in [4.69, 9.17) is 0 Å². The number of carbonyl (C=O) groups excluding carboxylic acids is 2. The number of piperazine rings is 1. The first kappa shape index (κ1) is 18.6. The molecular weight excluding hydrogens is 386 g/mol. The van der Waals surface area contributed by atoms with Crippen LogP contribution in [0.2, 0.25) is 0 Å². The van der Waals surface area contributed by atoms with Crippen molar-refractivity contribution < 1.29 is 14.7 Å². The molecule has 150 valence electrons. The highest BCUT2D eigenvalue weighted by Gasteiger charge is 2.50. The first-order chi connectivity index (χ1) is 14.0. The highest BCUT2D eigenvalue weighted by molar-refractivity contribution is 7.99. The zero-order chi connectivity index (χ0) is 20.0. The Hall–Kier alpha value is -2.38. The molecule has 0 spiro atoms. The van der Waals surface area contributed by atoms with Gasteiger partial charge >= 0.3 is 0 Å². The van der Waals surface area contributed by atoms with Crippen molar-refractivity contribution in [2.45, 2.75) is 29.8 Å². The fraction of sp³-hybridized carbons (Fsp3) is 0.409. The Bertz CT molecular complexity index is 964. The summed E-state index contributed by atoms with van der Waals surface area (Å²) in [5.74, 6) is 0.891. The molecule has 2 aliphatic heterocycles. The van der Waals surface area contributed by atoms with Crippen LogP contribution >= 0.6 is 11.8 Å². The minimum atomic E-state index is -1.13. The maximum Gasteiger partial charge on any atom is 0.254 e. The van der Waals surface area contributed by atoms with Crippen molar-refractivity contribution in [3.8, 4) is 11.3 Å². The minimum Gasteiger partial charge on any atom is -0.380 e. The predicted molar refractivity (Wildman–Crippen MR) is 111 cm³/mol. The van der Waals surface area contributed by atoms with Gasteiger partial charge in [-0.05, 0) is 43.0 Å². The van der Waals surface area contributed by atoms with Gasteiger partial charge in [0.15, 0.2) is 0 Å². The van der Waals surface area contributed by atoms with Crippen molar-refractivity contribution in [3.63, 3.8) is 0 Å². The lowest BCUT2D eigenvalue weighted by atomic mass is 10.0. The van der Waals surface area contributed by atoms with E-state index < -0.39 is 5.60 Å². The molecule has 0 atom stereocenters. The molecule has 1 saturated carbocycles. The van der Waals surface area contributed by atoms with E-state index in [0.29, 0.717) is 44.6 Å². The molecule has 6 nitrogen and oxygen atoms in total.